The summed E-state index contributed by atoms with van der Waals surface area (Å²) in [5.74, 6) is 0.454. The first-order valence-corrected chi connectivity index (χ1v) is 9.22. The third kappa shape index (κ3) is 2.66. The highest BCUT2D eigenvalue weighted by molar-refractivity contribution is 5.98. The zero-order chi connectivity index (χ0) is 19.5. The van der Waals surface area contributed by atoms with Crippen LogP contribution in [0.15, 0.2) is 36.5 Å². The molecular weight excluding hydrogens is 357 g/mol. The molecule has 0 bridgehead atoms. The van der Waals surface area contributed by atoms with E-state index in [9.17, 15) is 4.39 Å². The zero-order valence-corrected chi connectivity index (χ0v) is 16.0. The van der Waals surface area contributed by atoms with Crippen LogP contribution in [-0.2, 0) is 6.54 Å². The lowest BCUT2D eigenvalue weighted by molar-refractivity contribution is 0.101. The summed E-state index contributed by atoms with van der Waals surface area (Å²) >= 11 is 0. The first kappa shape index (κ1) is 16.9. The number of benzene rings is 1. The van der Waals surface area contributed by atoms with Crippen molar-refractivity contribution in [2.45, 2.75) is 27.3 Å². The molecule has 0 atom stereocenters. The Kier molecular flexibility index (Phi) is 3.56. The van der Waals surface area contributed by atoms with Crippen molar-refractivity contribution in [1.82, 2.24) is 25.0 Å². The summed E-state index contributed by atoms with van der Waals surface area (Å²) in [7, 11) is 0. The van der Waals surface area contributed by atoms with Crippen LogP contribution in [0.5, 0.6) is 5.88 Å². The lowest BCUT2D eigenvalue weighted by Crippen LogP contribution is -2.33. The van der Waals surface area contributed by atoms with Gasteiger partial charge in [-0.3, -0.25) is 5.10 Å². The standard InChI is InChI=1S/C21H20FN5O/c1-12-8-15(16-9-23-25-19(16)24-12)17-18(13-4-6-14(22)7-5-13)26-27-10-21(2,3)11-28-20(17)27/h4-9H,10-11H2,1-3H3,(H,23,24,25). The summed E-state index contributed by atoms with van der Waals surface area (Å²) in [6.45, 7) is 7.60. The number of nitrogens with one attached hydrogen (secondary N) is 1. The predicted molar refractivity (Wildman–Crippen MR) is 105 cm³/mol. The molecule has 1 aliphatic rings. The van der Waals surface area contributed by atoms with Crippen molar-refractivity contribution in [3.05, 3.63) is 48.0 Å². The number of nitrogens with zero attached hydrogens (tertiary/aromatic N) is 4. The molecule has 1 aromatic carbocycles. The fraction of sp³-hybridized carbons (Fsp3) is 0.286. The normalized spacial score (nSPS) is 15.4. The van der Waals surface area contributed by atoms with Gasteiger partial charge in [0.25, 0.3) is 0 Å². The Hall–Kier alpha value is -3.22. The molecule has 0 aliphatic carbocycles. The van der Waals surface area contributed by atoms with E-state index < -0.39 is 0 Å². The van der Waals surface area contributed by atoms with Crippen molar-refractivity contribution in [2.24, 2.45) is 5.41 Å². The van der Waals surface area contributed by atoms with E-state index in [-0.39, 0.29) is 11.2 Å². The minimum Gasteiger partial charge on any atom is -0.477 e. The number of halogens is 1. The van der Waals surface area contributed by atoms with E-state index in [1.807, 2.05) is 17.7 Å². The van der Waals surface area contributed by atoms with E-state index >= 15 is 0 Å². The van der Waals surface area contributed by atoms with Gasteiger partial charge in [0.1, 0.15) is 11.5 Å². The first-order chi connectivity index (χ1) is 13.4. The molecule has 3 aromatic heterocycles. The van der Waals surface area contributed by atoms with Gasteiger partial charge in [0.2, 0.25) is 5.88 Å². The fourth-order valence-electron chi connectivity index (χ4n) is 3.73. The van der Waals surface area contributed by atoms with E-state index in [4.69, 9.17) is 9.84 Å². The molecule has 1 aliphatic heterocycles. The number of aryl methyl sites for hydroxylation is 1. The summed E-state index contributed by atoms with van der Waals surface area (Å²) in [6.07, 6.45) is 1.77. The number of hydrogen-bond donors (Lipinski definition) is 1. The molecule has 7 heteroatoms. The number of ether oxygens (including phenoxy) is 1. The number of aromatic nitrogens is 5. The van der Waals surface area contributed by atoms with Crippen molar-refractivity contribution in [1.29, 1.82) is 0 Å². The van der Waals surface area contributed by atoms with Crippen molar-refractivity contribution in [2.75, 3.05) is 6.61 Å². The summed E-state index contributed by atoms with van der Waals surface area (Å²) in [6, 6.07) is 8.42. The SMILES string of the molecule is Cc1cc(-c2c(-c3ccc(F)cc3)nn3c2OCC(C)(C)C3)c2cn[nH]c2n1. The van der Waals surface area contributed by atoms with E-state index in [1.54, 1.807) is 18.3 Å². The zero-order valence-electron chi connectivity index (χ0n) is 16.0. The van der Waals surface area contributed by atoms with Crippen molar-refractivity contribution < 1.29 is 9.13 Å². The third-order valence-corrected chi connectivity index (χ3v) is 5.02. The minimum absolute atomic E-state index is 0.0184. The second kappa shape index (κ2) is 5.89. The van der Waals surface area contributed by atoms with Crippen LogP contribution in [0.3, 0.4) is 0 Å². The number of pyridine rings is 1. The topological polar surface area (TPSA) is 68.6 Å². The Morgan fingerprint density at radius 1 is 1.21 bits per heavy atom. The first-order valence-electron chi connectivity index (χ1n) is 9.22. The maximum absolute atomic E-state index is 13.5. The fourth-order valence-corrected chi connectivity index (χ4v) is 3.73. The van der Waals surface area contributed by atoms with Gasteiger partial charge in [0.15, 0.2) is 5.65 Å². The molecule has 0 saturated heterocycles. The number of fused-ring (bicyclic) bond motifs is 2. The van der Waals surface area contributed by atoms with Crippen LogP contribution in [0, 0.1) is 18.2 Å². The molecule has 0 spiro atoms. The van der Waals surface area contributed by atoms with Gasteiger partial charge >= 0.3 is 0 Å². The lowest BCUT2D eigenvalue weighted by atomic mass is 9.93. The molecule has 0 fully saturated rings. The van der Waals surface area contributed by atoms with Crippen LogP contribution >= 0.6 is 0 Å². The summed E-state index contributed by atoms with van der Waals surface area (Å²) < 4.78 is 21.6. The molecule has 4 aromatic rings. The number of rotatable bonds is 2. The van der Waals surface area contributed by atoms with E-state index in [2.05, 4.69) is 29.0 Å². The molecule has 0 unspecified atom stereocenters. The molecule has 142 valence electrons. The number of aromatic amines is 1. The summed E-state index contributed by atoms with van der Waals surface area (Å²) in [5.41, 5.74) is 5.02. The van der Waals surface area contributed by atoms with Crippen molar-refractivity contribution in [3.63, 3.8) is 0 Å². The number of hydrogen-bond acceptors (Lipinski definition) is 4. The van der Waals surface area contributed by atoms with Crippen LogP contribution < -0.4 is 4.74 Å². The average molecular weight is 377 g/mol. The largest absolute Gasteiger partial charge is 0.477 e. The third-order valence-electron chi connectivity index (χ3n) is 5.02. The van der Waals surface area contributed by atoms with E-state index in [0.717, 1.165) is 51.5 Å². The molecule has 1 N–H and O–H groups in total. The highest BCUT2D eigenvalue weighted by atomic mass is 19.1. The highest BCUT2D eigenvalue weighted by Gasteiger charge is 2.33. The highest BCUT2D eigenvalue weighted by Crippen LogP contribution is 2.44. The van der Waals surface area contributed by atoms with Gasteiger partial charge < -0.3 is 4.74 Å². The van der Waals surface area contributed by atoms with Gasteiger partial charge in [-0.25, -0.2) is 14.1 Å². The van der Waals surface area contributed by atoms with Crippen LogP contribution in [0.25, 0.3) is 33.4 Å². The van der Waals surface area contributed by atoms with Gasteiger partial charge in [0.05, 0.1) is 24.9 Å². The molecule has 0 amide bonds. The smallest absolute Gasteiger partial charge is 0.220 e. The molecule has 5 rings (SSSR count). The maximum Gasteiger partial charge on any atom is 0.220 e. The summed E-state index contributed by atoms with van der Waals surface area (Å²) in [5, 5.41) is 12.9. The van der Waals surface area contributed by atoms with Gasteiger partial charge in [0, 0.05) is 27.6 Å². The Morgan fingerprint density at radius 3 is 2.79 bits per heavy atom. The van der Waals surface area contributed by atoms with Crippen LogP contribution in [-0.4, -0.2) is 31.6 Å². The Labute approximate surface area is 161 Å². The van der Waals surface area contributed by atoms with E-state index in [0.29, 0.717) is 6.61 Å². The molecule has 0 saturated carbocycles. The van der Waals surface area contributed by atoms with Gasteiger partial charge in [-0.15, -0.1) is 0 Å². The molecule has 4 heterocycles. The van der Waals surface area contributed by atoms with Crippen LogP contribution in [0.4, 0.5) is 4.39 Å². The maximum atomic E-state index is 13.5. The van der Waals surface area contributed by atoms with Gasteiger partial charge in [-0.05, 0) is 37.3 Å². The van der Waals surface area contributed by atoms with Gasteiger partial charge in [-0.2, -0.15) is 10.2 Å². The predicted octanol–water partition coefficient (Wildman–Crippen LogP) is 4.35. The Balaban J connectivity index is 1.81. The van der Waals surface area contributed by atoms with Crippen LogP contribution in [0.1, 0.15) is 19.5 Å². The Morgan fingerprint density at radius 2 is 2.00 bits per heavy atom. The summed E-state index contributed by atoms with van der Waals surface area (Å²) in [4.78, 5) is 4.52. The lowest BCUT2D eigenvalue weighted by Gasteiger charge is -2.30. The number of H-pyrrole nitrogens is 1. The molecule has 28 heavy (non-hydrogen) atoms. The minimum atomic E-state index is -0.274. The molecular formula is C21H20FN5O. The second-order valence-electron chi connectivity index (χ2n) is 8.09. The Bertz CT molecular complexity index is 1190. The monoisotopic (exact) mass is 377 g/mol. The van der Waals surface area contributed by atoms with Gasteiger partial charge in [-0.1, -0.05) is 13.8 Å². The second-order valence-corrected chi connectivity index (χ2v) is 8.09. The quantitative estimate of drug-likeness (QED) is 0.564. The van der Waals surface area contributed by atoms with E-state index in [1.165, 1.54) is 12.1 Å². The van der Waals surface area contributed by atoms with Crippen LogP contribution in [0.2, 0.25) is 0 Å². The van der Waals surface area contributed by atoms with Crippen molar-refractivity contribution in [3.8, 4) is 28.3 Å². The molecule has 0 radical (unpaired) electrons. The molecule has 6 nitrogen and oxygen atoms in total. The average Bonchev–Trinajstić information content (AvgIpc) is 3.24. The van der Waals surface area contributed by atoms with Crippen molar-refractivity contribution >= 4 is 11.0 Å².